The van der Waals surface area contributed by atoms with Gasteiger partial charge in [0.2, 0.25) is 0 Å². The highest BCUT2D eigenvalue weighted by Gasteiger charge is 1.72. The van der Waals surface area contributed by atoms with Gasteiger partial charge in [0, 0.05) is 13.7 Å². The Morgan fingerprint density at radius 1 is 1.54 bits per heavy atom. The molecular weight excluding hydrogens is 162 g/mol. The Balaban J connectivity index is 0. The van der Waals surface area contributed by atoms with E-state index >= 15 is 0 Å². The zero-order chi connectivity index (χ0) is 10.5. The lowest BCUT2D eigenvalue weighted by molar-refractivity contribution is 0.201. The van der Waals surface area contributed by atoms with Gasteiger partial charge in [-0.25, -0.2) is 0 Å². The predicted molar refractivity (Wildman–Crippen MR) is 60.0 cm³/mol. The van der Waals surface area contributed by atoms with Gasteiger partial charge in [-0.2, -0.15) is 0 Å². The first-order valence-corrected chi connectivity index (χ1v) is 4.27. The van der Waals surface area contributed by atoms with Crippen molar-refractivity contribution in [1.82, 2.24) is 5.32 Å². The molecule has 1 N–H and O–H groups in total. The summed E-state index contributed by atoms with van der Waals surface area (Å²) >= 11 is 0. The number of likely N-dealkylation sites (N-methyl/N-ethyl adjacent to an activating group) is 1. The molecule has 0 saturated carbocycles. The number of hydrogen-bond acceptors (Lipinski definition) is 2. The molecule has 76 valence electrons. The van der Waals surface area contributed by atoms with Crippen molar-refractivity contribution in [3.8, 4) is 0 Å². The molecule has 0 aliphatic rings. The smallest absolute Gasteiger partial charge is 0.0587 e. The SMILES string of the molecule is C=C/C=C\C(=C)C.CNCCOC. The van der Waals surface area contributed by atoms with Gasteiger partial charge in [0.1, 0.15) is 0 Å². The van der Waals surface area contributed by atoms with E-state index in [2.05, 4.69) is 18.5 Å². The van der Waals surface area contributed by atoms with Crippen molar-refractivity contribution >= 4 is 0 Å². The van der Waals surface area contributed by atoms with Crippen LogP contribution >= 0.6 is 0 Å². The van der Waals surface area contributed by atoms with Crippen LogP contribution in [0.1, 0.15) is 6.92 Å². The van der Waals surface area contributed by atoms with Crippen molar-refractivity contribution in [2.24, 2.45) is 0 Å². The molecule has 0 spiro atoms. The number of nitrogens with one attached hydrogen (secondary N) is 1. The highest BCUT2D eigenvalue weighted by atomic mass is 16.5. The van der Waals surface area contributed by atoms with Gasteiger partial charge < -0.3 is 10.1 Å². The second-order valence-electron chi connectivity index (χ2n) is 2.54. The van der Waals surface area contributed by atoms with Crippen LogP contribution in [-0.4, -0.2) is 27.3 Å². The molecule has 0 atom stereocenters. The maximum Gasteiger partial charge on any atom is 0.0587 e. The predicted octanol–water partition coefficient (Wildman–Crippen LogP) is 2.16. The van der Waals surface area contributed by atoms with Crippen molar-refractivity contribution in [3.05, 3.63) is 37.0 Å². The van der Waals surface area contributed by atoms with Crippen LogP contribution in [-0.2, 0) is 4.74 Å². The third kappa shape index (κ3) is 24.7. The summed E-state index contributed by atoms with van der Waals surface area (Å²) < 4.78 is 4.72. The van der Waals surface area contributed by atoms with E-state index < -0.39 is 0 Å². The first-order chi connectivity index (χ1) is 6.18. The molecule has 0 aromatic heterocycles. The van der Waals surface area contributed by atoms with Gasteiger partial charge in [-0.15, -0.1) is 0 Å². The first-order valence-electron chi connectivity index (χ1n) is 4.27. The van der Waals surface area contributed by atoms with Gasteiger partial charge in [0.05, 0.1) is 6.61 Å². The van der Waals surface area contributed by atoms with E-state index in [0.717, 1.165) is 18.7 Å². The zero-order valence-electron chi connectivity index (χ0n) is 8.97. The first kappa shape index (κ1) is 14.7. The summed E-state index contributed by atoms with van der Waals surface area (Å²) in [6.07, 6.45) is 5.50. The van der Waals surface area contributed by atoms with E-state index in [9.17, 15) is 0 Å². The Morgan fingerprint density at radius 3 is 2.31 bits per heavy atom. The topological polar surface area (TPSA) is 21.3 Å². The van der Waals surface area contributed by atoms with E-state index in [0.29, 0.717) is 0 Å². The molecule has 0 saturated heterocycles. The average Bonchev–Trinajstić information content (AvgIpc) is 2.12. The summed E-state index contributed by atoms with van der Waals surface area (Å²) in [5.74, 6) is 0. The lowest BCUT2D eigenvalue weighted by atomic mass is 10.3. The van der Waals surface area contributed by atoms with Gasteiger partial charge in [-0.1, -0.05) is 37.0 Å². The standard InChI is InChI=1S/C7H10.C4H11NO/c1-4-5-6-7(2)3;1-5-3-4-6-2/h4-6H,1-2H2,3H3;5H,3-4H2,1-2H3/b6-5-;. The molecule has 13 heavy (non-hydrogen) atoms. The molecule has 0 amide bonds. The normalized spacial score (nSPS) is 9.15. The fourth-order valence-corrected chi connectivity index (χ4v) is 0.436. The summed E-state index contributed by atoms with van der Waals surface area (Å²) in [5, 5.41) is 2.94. The van der Waals surface area contributed by atoms with Gasteiger partial charge in [0.25, 0.3) is 0 Å². The molecule has 0 rings (SSSR count). The fourth-order valence-electron chi connectivity index (χ4n) is 0.436. The number of hydrogen-bond donors (Lipinski definition) is 1. The molecule has 0 bridgehead atoms. The summed E-state index contributed by atoms with van der Waals surface area (Å²) in [5.41, 5.74) is 1.06. The quantitative estimate of drug-likeness (QED) is 0.521. The van der Waals surface area contributed by atoms with E-state index in [1.807, 2.05) is 26.1 Å². The number of allylic oxidation sites excluding steroid dienone is 4. The molecule has 0 heterocycles. The van der Waals surface area contributed by atoms with Gasteiger partial charge in [0.15, 0.2) is 0 Å². The Labute approximate surface area is 82.0 Å². The third-order valence-corrected chi connectivity index (χ3v) is 1.07. The van der Waals surface area contributed by atoms with Crippen molar-refractivity contribution in [1.29, 1.82) is 0 Å². The lowest BCUT2D eigenvalue weighted by Gasteiger charge is -1.92. The highest BCUT2D eigenvalue weighted by molar-refractivity contribution is 5.15. The Kier molecular flexibility index (Phi) is 15.5. The summed E-state index contributed by atoms with van der Waals surface area (Å²) in [7, 11) is 3.59. The molecule has 0 aromatic rings. The van der Waals surface area contributed by atoms with Gasteiger partial charge in [-0.3, -0.25) is 0 Å². The Hall–Kier alpha value is -0.860. The van der Waals surface area contributed by atoms with Crippen LogP contribution in [0, 0.1) is 0 Å². The van der Waals surface area contributed by atoms with Crippen LogP contribution in [0.3, 0.4) is 0 Å². The average molecular weight is 183 g/mol. The van der Waals surface area contributed by atoms with E-state index in [-0.39, 0.29) is 0 Å². The molecule has 0 radical (unpaired) electrons. The minimum atomic E-state index is 0.802. The van der Waals surface area contributed by atoms with E-state index in [4.69, 9.17) is 4.74 Å². The van der Waals surface area contributed by atoms with Crippen molar-refractivity contribution in [2.75, 3.05) is 27.3 Å². The number of methoxy groups -OCH3 is 1. The molecule has 0 aliphatic heterocycles. The monoisotopic (exact) mass is 183 g/mol. The Morgan fingerprint density at radius 2 is 2.15 bits per heavy atom. The van der Waals surface area contributed by atoms with Crippen LogP contribution in [0.4, 0.5) is 0 Å². The van der Waals surface area contributed by atoms with Crippen LogP contribution in [0.25, 0.3) is 0 Å². The number of ether oxygens (including phenoxy) is 1. The number of rotatable bonds is 5. The van der Waals surface area contributed by atoms with Crippen LogP contribution in [0.5, 0.6) is 0 Å². The highest BCUT2D eigenvalue weighted by Crippen LogP contribution is 1.86. The van der Waals surface area contributed by atoms with Crippen molar-refractivity contribution < 1.29 is 4.74 Å². The minimum absolute atomic E-state index is 0.802. The summed E-state index contributed by atoms with van der Waals surface area (Å²) in [4.78, 5) is 0. The van der Waals surface area contributed by atoms with E-state index in [1.165, 1.54) is 0 Å². The third-order valence-electron chi connectivity index (χ3n) is 1.07. The second-order valence-corrected chi connectivity index (χ2v) is 2.54. The molecule has 0 aromatic carbocycles. The van der Waals surface area contributed by atoms with Crippen molar-refractivity contribution in [2.45, 2.75) is 6.92 Å². The van der Waals surface area contributed by atoms with Gasteiger partial charge >= 0.3 is 0 Å². The van der Waals surface area contributed by atoms with Crippen LogP contribution < -0.4 is 5.32 Å². The zero-order valence-corrected chi connectivity index (χ0v) is 8.97. The van der Waals surface area contributed by atoms with E-state index in [1.54, 1.807) is 13.2 Å². The summed E-state index contributed by atoms with van der Waals surface area (Å²) in [6.45, 7) is 10.9. The van der Waals surface area contributed by atoms with Gasteiger partial charge in [-0.05, 0) is 14.0 Å². The molecule has 0 aliphatic carbocycles. The summed E-state index contributed by atoms with van der Waals surface area (Å²) in [6, 6.07) is 0. The largest absolute Gasteiger partial charge is 0.383 e. The maximum absolute atomic E-state index is 4.72. The molecule has 2 heteroatoms. The molecular formula is C11H21NO. The second kappa shape index (κ2) is 13.7. The van der Waals surface area contributed by atoms with Crippen LogP contribution in [0.2, 0.25) is 0 Å². The minimum Gasteiger partial charge on any atom is -0.383 e. The van der Waals surface area contributed by atoms with Crippen LogP contribution in [0.15, 0.2) is 37.0 Å². The molecule has 0 unspecified atom stereocenters. The fraction of sp³-hybridized carbons (Fsp3) is 0.455. The Bertz CT molecular complexity index is 146. The maximum atomic E-state index is 4.72. The van der Waals surface area contributed by atoms with Crippen molar-refractivity contribution in [3.63, 3.8) is 0 Å². The molecule has 0 fully saturated rings. The lowest BCUT2D eigenvalue weighted by Crippen LogP contribution is -2.12. The molecule has 2 nitrogen and oxygen atoms in total.